The number of hydrogen-bond donors (Lipinski definition) is 1. The van der Waals surface area contributed by atoms with Crippen LogP contribution in [0.2, 0.25) is 0 Å². The number of thioether (sulfide) groups is 1. The van der Waals surface area contributed by atoms with Crippen molar-refractivity contribution in [1.29, 1.82) is 0 Å². The monoisotopic (exact) mass is 249 g/mol. The first kappa shape index (κ1) is 13.0. The van der Waals surface area contributed by atoms with Crippen LogP contribution in [0.1, 0.15) is 50.6 Å². The quantitative estimate of drug-likeness (QED) is 0.784. The summed E-state index contributed by atoms with van der Waals surface area (Å²) in [6.45, 7) is 2.13. The van der Waals surface area contributed by atoms with Gasteiger partial charge in [0, 0.05) is 16.7 Å². The Morgan fingerprint density at radius 3 is 2.47 bits per heavy atom. The highest BCUT2D eigenvalue weighted by molar-refractivity contribution is 7.99. The first-order valence-electron chi connectivity index (χ1n) is 6.78. The minimum absolute atomic E-state index is 0.198. The predicted molar refractivity (Wildman–Crippen MR) is 76.3 cm³/mol. The summed E-state index contributed by atoms with van der Waals surface area (Å²) in [6, 6.07) is 9.02. The Morgan fingerprint density at radius 2 is 1.88 bits per heavy atom. The summed E-state index contributed by atoms with van der Waals surface area (Å²) in [4.78, 5) is 1.39. The molecular formula is C15H23NS. The van der Waals surface area contributed by atoms with Crippen LogP contribution >= 0.6 is 11.8 Å². The Hall–Kier alpha value is -0.470. The minimum atomic E-state index is 0.198. The molecule has 1 unspecified atom stereocenters. The molecule has 0 radical (unpaired) electrons. The van der Waals surface area contributed by atoms with Gasteiger partial charge in [0.05, 0.1) is 0 Å². The minimum Gasteiger partial charge on any atom is -0.324 e. The van der Waals surface area contributed by atoms with E-state index in [-0.39, 0.29) is 6.04 Å². The molecule has 1 fully saturated rings. The zero-order chi connectivity index (χ0) is 12.1. The van der Waals surface area contributed by atoms with Crippen molar-refractivity contribution in [3.05, 3.63) is 29.8 Å². The van der Waals surface area contributed by atoms with Gasteiger partial charge in [0.15, 0.2) is 0 Å². The van der Waals surface area contributed by atoms with Gasteiger partial charge < -0.3 is 5.73 Å². The van der Waals surface area contributed by atoms with E-state index in [0.717, 1.165) is 12.3 Å². The Bertz CT molecular complexity index is 327. The largest absolute Gasteiger partial charge is 0.324 e. The van der Waals surface area contributed by atoms with Crippen molar-refractivity contribution < 1.29 is 0 Å². The molecule has 1 nitrogen and oxygen atoms in total. The maximum atomic E-state index is 6.01. The van der Waals surface area contributed by atoms with Crippen molar-refractivity contribution in [1.82, 2.24) is 0 Å². The van der Waals surface area contributed by atoms with Crippen molar-refractivity contribution in [3.8, 4) is 0 Å². The van der Waals surface area contributed by atoms with E-state index in [1.54, 1.807) is 0 Å². The lowest BCUT2D eigenvalue weighted by Crippen LogP contribution is -2.08. The second-order valence-electron chi connectivity index (χ2n) is 5.05. The summed E-state index contributed by atoms with van der Waals surface area (Å²) >= 11 is 2.00. The molecule has 2 heteroatoms. The van der Waals surface area contributed by atoms with Gasteiger partial charge in [-0.2, -0.15) is 0 Å². The van der Waals surface area contributed by atoms with E-state index in [0.29, 0.717) is 0 Å². The van der Waals surface area contributed by atoms with E-state index >= 15 is 0 Å². The van der Waals surface area contributed by atoms with Crippen molar-refractivity contribution in [2.75, 3.05) is 5.75 Å². The molecule has 1 aliphatic carbocycles. The molecule has 2 N–H and O–H groups in total. The lowest BCUT2D eigenvalue weighted by atomic mass is 10.1. The van der Waals surface area contributed by atoms with Crippen molar-refractivity contribution in [3.63, 3.8) is 0 Å². The Kier molecular flexibility index (Phi) is 4.93. The molecule has 1 aromatic carbocycles. The second kappa shape index (κ2) is 6.46. The van der Waals surface area contributed by atoms with Crippen LogP contribution < -0.4 is 5.73 Å². The fourth-order valence-corrected chi connectivity index (χ4v) is 3.53. The van der Waals surface area contributed by atoms with E-state index in [1.165, 1.54) is 41.9 Å². The van der Waals surface area contributed by atoms with Crippen LogP contribution in [0.4, 0.5) is 0 Å². The van der Waals surface area contributed by atoms with E-state index in [9.17, 15) is 0 Å². The predicted octanol–water partition coefficient (Wildman–Crippen LogP) is 4.38. The highest BCUT2D eigenvalue weighted by Gasteiger charge is 2.14. The molecular weight excluding hydrogens is 226 g/mol. The van der Waals surface area contributed by atoms with Crippen molar-refractivity contribution in [2.24, 2.45) is 11.7 Å². The molecule has 0 bridgehead atoms. The summed E-state index contributed by atoms with van der Waals surface area (Å²) in [5.74, 6) is 2.25. The molecule has 94 valence electrons. The molecule has 1 aromatic rings. The van der Waals surface area contributed by atoms with Crippen LogP contribution in [0.5, 0.6) is 0 Å². The van der Waals surface area contributed by atoms with Crippen LogP contribution in [0.3, 0.4) is 0 Å². The molecule has 17 heavy (non-hydrogen) atoms. The molecule has 1 saturated carbocycles. The first-order valence-corrected chi connectivity index (χ1v) is 7.76. The Balaban J connectivity index is 1.84. The third kappa shape index (κ3) is 3.75. The Morgan fingerprint density at radius 1 is 1.24 bits per heavy atom. The van der Waals surface area contributed by atoms with Gasteiger partial charge in [0.2, 0.25) is 0 Å². The van der Waals surface area contributed by atoms with Crippen molar-refractivity contribution >= 4 is 11.8 Å². The third-order valence-electron chi connectivity index (χ3n) is 3.71. The summed E-state index contributed by atoms with van der Waals surface area (Å²) < 4.78 is 0. The number of nitrogens with two attached hydrogens (primary N) is 1. The van der Waals surface area contributed by atoms with Gasteiger partial charge in [-0.1, -0.05) is 31.9 Å². The van der Waals surface area contributed by atoms with Gasteiger partial charge in [-0.05, 0) is 42.9 Å². The fourth-order valence-electron chi connectivity index (χ4n) is 2.44. The molecule has 0 aromatic heterocycles. The Labute approximate surface area is 109 Å². The SMILES string of the molecule is CCC(N)c1ccc(SCC2CCCC2)cc1. The maximum absolute atomic E-state index is 6.01. The lowest BCUT2D eigenvalue weighted by Gasteiger charge is -2.11. The third-order valence-corrected chi connectivity index (χ3v) is 4.95. The molecule has 0 heterocycles. The molecule has 1 aliphatic rings. The van der Waals surface area contributed by atoms with Crippen LogP contribution in [-0.4, -0.2) is 5.75 Å². The maximum Gasteiger partial charge on any atom is 0.0292 e. The van der Waals surface area contributed by atoms with Crippen molar-refractivity contribution in [2.45, 2.75) is 50.0 Å². The summed E-state index contributed by atoms with van der Waals surface area (Å²) in [5.41, 5.74) is 7.27. The number of rotatable bonds is 5. The van der Waals surface area contributed by atoms with Gasteiger partial charge in [-0.25, -0.2) is 0 Å². The molecule has 1 atom stereocenters. The van der Waals surface area contributed by atoms with Gasteiger partial charge in [-0.3, -0.25) is 0 Å². The molecule has 0 amide bonds. The molecule has 0 aliphatic heterocycles. The highest BCUT2D eigenvalue weighted by atomic mass is 32.2. The number of hydrogen-bond acceptors (Lipinski definition) is 2. The van der Waals surface area contributed by atoms with Crippen LogP contribution in [0.15, 0.2) is 29.2 Å². The molecule has 0 saturated heterocycles. The lowest BCUT2D eigenvalue weighted by molar-refractivity contribution is 0.623. The summed E-state index contributed by atoms with van der Waals surface area (Å²) in [5, 5.41) is 0. The van der Waals surface area contributed by atoms with E-state index in [1.807, 2.05) is 11.8 Å². The average molecular weight is 249 g/mol. The van der Waals surface area contributed by atoms with E-state index in [2.05, 4.69) is 31.2 Å². The van der Waals surface area contributed by atoms with Crippen LogP contribution in [-0.2, 0) is 0 Å². The highest BCUT2D eigenvalue weighted by Crippen LogP contribution is 2.31. The normalized spacial score (nSPS) is 18.5. The first-order chi connectivity index (χ1) is 8.29. The van der Waals surface area contributed by atoms with Gasteiger partial charge in [0.25, 0.3) is 0 Å². The summed E-state index contributed by atoms with van der Waals surface area (Å²) in [6.07, 6.45) is 6.76. The second-order valence-corrected chi connectivity index (χ2v) is 6.14. The fraction of sp³-hybridized carbons (Fsp3) is 0.600. The number of benzene rings is 1. The molecule has 0 spiro atoms. The van der Waals surface area contributed by atoms with Crippen LogP contribution in [0, 0.1) is 5.92 Å². The standard InChI is InChI=1S/C15H23NS/c1-2-15(16)13-7-9-14(10-8-13)17-11-12-5-3-4-6-12/h7-10,12,15H,2-6,11,16H2,1H3. The summed E-state index contributed by atoms with van der Waals surface area (Å²) in [7, 11) is 0. The van der Waals surface area contributed by atoms with Gasteiger partial charge >= 0.3 is 0 Å². The van der Waals surface area contributed by atoms with E-state index < -0.39 is 0 Å². The van der Waals surface area contributed by atoms with Gasteiger partial charge in [-0.15, -0.1) is 11.8 Å². The zero-order valence-corrected chi connectivity index (χ0v) is 11.5. The van der Waals surface area contributed by atoms with Crippen LogP contribution in [0.25, 0.3) is 0 Å². The smallest absolute Gasteiger partial charge is 0.0292 e. The van der Waals surface area contributed by atoms with Gasteiger partial charge in [0.1, 0.15) is 0 Å². The molecule has 2 rings (SSSR count). The zero-order valence-electron chi connectivity index (χ0n) is 10.7. The topological polar surface area (TPSA) is 26.0 Å². The van der Waals surface area contributed by atoms with E-state index in [4.69, 9.17) is 5.73 Å². The average Bonchev–Trinajstić information content (AvgIpc) is 2.89.